The first-order chi connectivity index (χ1) is 5.80. The van der Waals surface area contributed by atoms with E-state index in [0.29, 0.717) is 5.56 Å². The number of carbonyl (C=O) groups excluding carboxylic acids is 1. The second-order valence-electron chi connectivity index (χ2n) is 2.01. The maximum absolute atomic E-state index is 10.7. The van der Waals surface area contributed by atoms with Gasteiger partial charge in [-0.1, -0.05) is 11.3 Å². The van der Waals surface area contributed by atoms with Crippen LogP contribution in [0.2, 0.25) is 0 Å². The van der Waals surface area contributed by atoms with Crippen molar-refractivity contribution in [2.45, 2.75) is 0 Å². The Bertz CT molecular complexity index is 295. The number of nitrogens with one attached hydrogen (secondary N) is 1. The summed E-state index contributed by atoms with van der Waals surface area (Å²) >= 11 is 0. The van der Waals surface area contributed by atoms with Gasteiger partial charge >= 0.3 is 0 Å². The van der Waals surface area contributed by atoms with Crippen molar-refractivity contribution in [3.63, 3.8) is 0 Å². The van der Waals surface area contributed by atoms with Gasteiger partial charge in [0, 0.05) is 6.20 Å². The Balaban J connectivity index is 3.19. The summed E-state index contributed by atoms with van der Waals surface area (Å²) in [5, 5.41) is 9.51. The smallest absolute Gasteiger partial charge is 0.250 e. The van der Waals surface area contributed by atoms with Crippen LogP contribution in [-0.4, -0.2) is 21.3 Å². The van der Waals surface area contributed by atoms with E-state index in [1.165, 1.54) is 12.4 Å². The summed E-state index contributed by atoms with van der Waals surface area (Å²) in [7, 11) is 0. The molecule has 3 N–H and O–H groups in total. The number of H-pyrrole nitrogens is 1. The number of aromatic amines is 1. The lowest BCUT2D eigenvalue weighted by molar-refractivity contribution is 0.1000. The molecule has 0 aliphatic heterocycles. The van der Waals surface area contributed by atoms with E-state index in [-0.39, 0.29) is 0 Å². The monoisotopic (exact) mass is 164 g/mol. The van der Waals surface area contributed by atoms with Crippen molar-refractivity contribution in [1.82, 2.24) is 15.4 Å². The van der Waals surface area contributed by atoms with E-state index in [4.69, 9.17) is 5.73 Å². The van der Waals surface area contributed by atoms with Gasteiger partial charge in [0.1, 0.15) is 0 Å². The molecule has 0 atom stereocenters. The van der Waals surface area contributed by atoms with Gasteiger partial charge < -0.3 is 5.73 Å². The SMILES string of the molecule is NC(=O)c1ccccnn[nH]c1. The van der Waals surface area contributed by atoms with E-state index in [2.05, 4.69) is 15.4 Å². The summed E-state index contributed by atoms with van der Waals surface area (Å²) in [6, 6.07) is 4.87. The van der Waals surface area contributed by atoms with E-state index in [9.17, 15) is 4.79 Å². The molecule has 62 valence electrons. The normalized spacial score (nSPS) is 8.67. The maximum Gasteiger partial charge on any atom is 0.250 e. The Morgan fingerprint density at radius 3 is 3.08 bits per heavy atom. The van der Waals surface area contributed by atoms with Gasteiger partial charge in [-0.3, -0.25) is 9.89 Å². The highest BCUT2D eigenvalue weighted by Gasteiger charge is 1.93. The van der Waals surface area contributed by atoms with Gasteiger partial charge in [-0.25, -0.2) is 0 Å². The van der Waals surface area contributed by atoms with Crippen LogP contribution in [0.3, 0.4) is 0 Å². The first-order valence-corrected chi connectivity index (χ1v) is 3.29. The molecule has 1 aromatic rings. The van der Waals surface area contributed by atoms with E-state index < -0.39 is 5.91 Å². The van der Waals surface area contributed by atoms with Gasteiger partial charge in [-0.2, -0.15) is 0 Å². The van der Waals surface area contributed by atoms with Crippen LogP contribution in [0.15, 0.2) is 30.6 Å². The molecule has 12 heavy (non-hydrogen) atoms. The number of nitrogens with zero attached hydrogens (tertiary/aromatic N) is 2. The molecule has 1 aromatic heterocycles. The van der Waals surface area contributed by atoms with Crippen molar-refractivity contribution in [2.75, 3.05) is 0 Å². The van der Waals surface area contributed by atoms with E-state index >= 15 is 0 Å². The van der Waals surface area contributed by atoms with Crippen molar-refractivity contribution in [2.24, 2.45) is 5.73 Å². The lowest BCUT2D eigenvalue weighted by atomic mass is 10.3. The van der Waals surface area contributed by atoms with Gasteiger partial charge in [0.15, 0.2) is 0 Å². The molecule has 5 heteroatoms. The minimum absolute atomic E-state index is 0.348. The zero-order valence-corrected chi connectivity index (χ0v) is 6.27. The van der Waals surface area contributed by atoms with Crippen LogP contribution in [0.5, 0.6) is 0 Å². The Morgan fingerprint density at radius 2 is 2.33 bits per heavy atom. The molecule has 0 aliphatic rings. The molecular weight excluding hydrogens is 156 g/mol. The van der Waals surface area contributed by atoms with E-state index in [1.54, 1.807) is 18.2 Å². The molecule has 0 aliphatic carbocycles. The van der Waals surface area contributed by atoms with Crippen LogP contribution in [0.25, 0.3) is 0 Å². The van der Waals surface area contributed by atoms with Crippen LogP contribution >= 0.6 is 0 Å². The van der Waals surface area contributed by atoms with Gasteiger partial charge in [-0.15, -0.1) is 5.10 Å². The molecule has 0 saturated heterocycles. The molecule has 0 bridgehead atoms. The molecule has 1 rings (SSSR count). The third kappa shape index (κ3) is 2.37. The third-order valence-corrected chi connectivity index (χ3v) is 1.16. The fraction of sp³-hybridized carbons (Fsp3) is 0. The second kappa shape index (κ2) is 4.07. The minimum atomic E-state index is -0.510. The number of hydrogen-bond donors (Lipinski definition) is 2. The minimum Gasteiger partial charge on any atom is -0.366 e. The molecule has 0 radical (unpaired) electrons. The molecule has 0 aromatic carbocycles. The van der Waals surface area contributed by atoms with Crippen molar-refractivity contribution in [3.05, 3.63) is 36.2 Å². The predicted molar refractivity (Wildman–Crippen MR) is 42.5 cm³/mol. The number of aromatic nitrogens is 3. The number of amides is 1. The lowest BCUT2D eigenvalue weighted by Crippen LogP contribution is -2.10. The van der Waals surface area contributed by atoms with Crippen molar-refractivity contribution in [1.29, 1.82) is 0 Å². The van der Waals surface area contributed by atoms with Gasteiger partial charge in [0.25, 0.3) is 0 Å². The molecule has 0 spiro atoms. The van der Waals surface area contributed by atoms with Crippen LogP contribution in [0.1, 0.15) is 10.4 Å². The third-order valence-electron chi connectivity index (χ3n) is 1.16. The number of nitrogens with two attached hydrogens (primary N) is 1. The Kier molecular flexibility index (Phi) is 2.78. The van der Waals surface area contributed by atoms with Gasteiger partial charge in [-0.05, 0) is 12.1 Å². The summed E-state index contributed by atoms with van der Waals surface area (Å²) in [4.78, 5) is 10.7. The average Bonchev–Trinajstić information content (AvgIpc) is 2.15. The molecule has 0 saturated carbocycles. The zero-order chi connectivity index (χ0) is 8.81. The first-order valence-electron chi connectivity index (χ1n) is 3.29. The highest BCUT2D eigenvalue weighted by atomic mass is 16.1. The second-order valence-corrected chi connectivity index (χ2v) is 2.01. The predicted octanol–water partition coefficient (Wildman–Crippen LogP) is 0.0280. The lowest BCUT2D eigenvalue weighted by Gasteiger charge is -1.85. The van der Waals surface area contributed by atoms with Crippen molar-refractivity contribution < 1.29 is 4.79 Å². The summed E-state index contributed by atoms with van der Waals surface area (Å²) in [6.45, 7) is 0. The molecule has 5 nitrogen and oxygen atoms in total. The Morgan fingerprint density at radius 1 is 1.50 bits per heavy atom. The van der Waals surface area contributed by atoms with Crippen LogP contribution in [-0.2, 0) is 0 Å². The molecular formula is C7H8N4O. The number of rotatable bonds is 1. The first kappa shape index (κ1) is 8.19. The number of primary amides is 1. The highest BCUT2D eigenvalue weighted by Crippen LogP contribution is 1.88. The summed E-state index contributed by atoms with van der Waals surface area (Å²) in [6.07, 6.45) is 2.87. The maximum atomic E-state index is 10.7. The largest absolute Gasteiger partial charge is 0.366 e. The summed E-state index contributed by atoms with van der Waals surface area (Å²) in [5.74, 6) is -0.510. The molecule has 0 fully saturated rings. The van der Waals surface area contributed by atoms with Crippen LogP contribution < -0.4 is 5.73 Å². The summed E-state index contributed by atoms with van der Waals surface area (Å²) < 4.78 is 0. The van der Waals surface area contributed by atoms with E-state index in [1.807, 2.05) is 0 Å². The fourth-order valence-corrected chi connectivity index (χ4v) is 0.614. The van der Waals surface area contributed by atoms with Crippen molar-refractivity contribution in [3.8, 4) is 0 Å². The standard InChI is InChI=1S/C7H8N4O/c8-7(12)6-3-1-2-4-9-11-10-5-6/h1-5H,(H2,8,12)(H,9,10). The van der Waals surface area contributed by atoms with Crippen LogP contribution in [0, 0.1) is 0 Å². The zero-order valence-electron chi connectivity index (χ0n) is 6.27. The highest BCUT2D eigenvalue weighted by molar-refractivity contribution is 5.92. The Labute approximate surface area is 68.9 Å². The molecule has 1 amide bonds. The topological polar surface area (TPSA) is 84.7 Å². The van der Waals surface area contributed by atoms with Crippen molar-refractivity contribution >= 4 is 5.91 Å². The van der Waals surface area contributed by atoms with Gasteiger partial charge in [0.2, 0.25) is 5.91 Å². The molecule has 1 heterocycles. The molecule has 0 unspecified atom stereocenters. The quantitative estimate of drug-likeness (QED) is 0.614. The number of carbonyl (C=O) groups is 1. The fourth-order valence-electron chi connectivity index (χ4n) is 0.614. The van der Waals surface area contributed by atoms with E-state index in [0.717, 1.165) is 0 Å². The Hall–Kier alpha value is -1.91. The number of hydrogen-bond acceptors (Lipinski definition) is 3. The summed E-state index contributed by atoms with van der Waals surface area (Å²) in [5.41, 5.74) is 5.39. The van der Waals surface area contributed by atoms with Gasteiger partial charge in [0.05, 0.1) is 11.8 Å². The average molecular weight is 164 g/mol. The van der Waals surface area contributed by atoms with Crippen LogP contribution in [0.4, 0.5) is 0 Å².